The van der Waals surface area contributed by atoms with E-state index in [1.807, 2.05) is 13.0 Å². The van der Waals surface area contributed by atoms with E-state index in [1.165, 1.54) is 6.07 Å². The zero-order valence-corrected chi connectivity index (χ0v) is 11.4. The van der Waals surface area contributed by atoms with Crippen molar-refractivity contribution in [1.29, 1.82) is 0 Å². The Morgan fingerprint density at radius 3 is 2.72 bits per heavy atom. The van der Waals surface area contributed by atoms with Crippen LogP contribution in [0.5, 0.6) is 0 Å². The van der Waals surface area contributed by atoms with E-state index < -0.39 is 0 Å². The Hall–Kier alpha value is -1.13. The van der Waals surface area contributed by atoms with E-state index in [0.717, 1.165) is 25.1 Å². The van der Waals surface area contributed by atoms with Crippen LogP contribution < -0.4 is 10.6 Å². The lowest BCUT2D eigenvalue weighted by atomic mass is 10.1. The predicted octanol–water partition coefficient (Wildman–Crippen LogP) is 1.99. The molecule has 100 valence electrons. The lowest BCUT2D eigenvalue weighted by Crippen LogP contribution is -2.32. The van der Waals surface area contributed by atoms with Crippen molar-refractivity contribution in [1.82, 2.24) is 4.90 Å². The summed E-state index contributed by atoms with van der Waals surface area (Å²) >= 11 is 0. The third kappa shape index (κ3) is 2.49. The summed E-state index contributed by atoms with van der Waals surface area (Å²) in [6, 6.07) is 5.52. The molecule has 0 aliphatic carbocycles. The van der Waals surface area contributed by atoms with Gasteiger partial charge in [0.2, 0.25) is 0 Å². The molecule has 0 amide bonds. The molecular formula is C14H22FN3. The van der Waals surface area contributed by atoms with Crippen molar-refractivity contribution in [2.75, 3.05) is 32.1 Å². The third-order valence-electron chi connectivity index (χ3n) is 3.72. The van der Waals surface area contributed by atoms with Gasteiger partial charge in [-0.2, -0.15) is 0 Å². The van der Waals surface area contributed by atoms with Crippen LogP contribution in [0.15, 0.2) is 18.2 Å². The SMILES string of the molecule is CC(N)c1cccc(F)c1N1CCC(N(C)C)C1. The van der Waals surface area contributed by atoms with Crippen LogP contribution in [0.1, 0.15) is 24.9 Å². The van der Waals surface area contributed by atoms with Crippen LogP contribution in [0.3, 0.4) is 0 Å². The average molecular weight is 251 g/mol. The fraction of sp³-hybridized carbons (Fsp3) is 0.571. The molecule has 4 heteroatoms. The fourth-order valence-corrected chi connectivity index (χ4v) is 2.60. The molecule has 1 aliphatic rings. The van der Waals surface area contributed by atoms with Gasteiger partial charge in [-0.05, 0) is 39.1 Å². The van der Waals surface area contributed by atoms with Gasteiger partial charge < -0.3 is 15.5 Å². The van der Waals surface area contributed by atoms with Crippen LogP contribution in [0.4, 0.5) is 10.1 Å². The molecule has 1 saturated heterocycles. The van der Waals surface area contributed by atoms with Crippen LogP contribution in [-0.2, 0) is 0 Å². The first-order chi connectivity index (χ1) is 8.50. The molecule has 1 fully saturated rings. The summed E-state index contributed by atoms with van der Waals surface area (Å²) in [5, 5.41) is 0. The first kappa shape index (κ1) is 13.3. The maximum absolute atomic E-state index is 14.1. The molecule has 2 N–H and O–H groups in total. The lowest BCUT2D eigenvalue weighted by molar-refractivity contribution is 0.315. The van der Waals surface area contributed by atoms with Gasteiger partial charge in [-0.25, -0.2) is 4.39 Å². The molecule has 2 atom stereocenters. The molecule has 1 aliphatic heterocycles. The molecule has 1 heterocycles. The molecule has 2 rings (SSSR count). The van der Waals surface area contributed by atoms with E-state index in [9.17, 15) is 4.39 Å². The highest BCUT2D eigenvalue weighted by Crippen LogP contribution is 2.31. The monoisotopic (exact) mass is 251 g/mol. The van der Waals surface area contributed by atoms with Crippen molar-refractivity contribution >= 4 is 5.69 Å². The molecular weight excluding hydrogens is 229 g/mol. The van der Waals surface area contributed by atoms with Crippen molar-refractivity contribution in [3.05, 3.63) is 29.6 Å². The Balaban J connectivity index is 2.29. The lowest BCUT2D eigenvalue weighted by Gasteiger charge is -2.25. The van der Waals surface area contributed by atoms with Crippen molar-refractivity contribution < 1.29 is 4.39 Å². The highest BCUT2D eigenvalue weighted by atomic mass is 19.1. The summed E-state index contributed by atoms with van der Waals surface area (Å²) < 4.78 is 14.1. The number of anilines is 1. The molecule has 18 heavy (non-hydrogen) atoms. The first-order valence-electron chi connectivity index (χ1n) is 6.46. The Kier molecular flexibility index (Phi) is 3.88. The number of halogens is 1. The molecule has 1 aromatic carbocycles. The topological polar surface area (TPSA) is 32.5 Å². The van der Waals surface area contributed by atoms with Gasteiger partial charge in [0.25, 0.3) is 0 Å². The van der Waals surface area contributed by atoms with Crippen LogP contribution in [-0.4, -0.2) is 38.1 Å². The number of rotatable bonds is 3. The molecule has 0 saturated carbocycles. The van der Waals surface area contributed by atoms with Crippen LogP contribution in [0.25, 0.3) is 0 Å². The third-order valence-corrected chi connectivity index (χ3v) is 3.72. The summed E-state index contributed by atoms with van der Waals surface area (Å²) in [6.45, 7) is 3.66. The minimum absolute atomic E-state index is 0.144. The van der Waals surface area contributed by atoms with Gasteiger partial charge in [0.1, 0.15) is 5.82 Å². The predicted molar refractivity (Wildman–Crippen MR) is 73.3 cm³/mol. The van der Waals surface area contributed by atoms with Crippen molar-refractivity contribution in [3.63, 3.8) is 0 Å². The molecule has 2 unspecified atom stereocenters. The van der Waals surface area contributed by atoms with Gasteiger partial charge in [-0.15, -0.1) is 0 Å². The van der Waals surface area contributed by atoms with Crippen molar-refractivity contribution in [2.24, 2.45) is 5.73 Å². The van der Waals surface area contributed by atoms with E-state index in [-0.39, 0.29) is 11.9 Å². The summed E-state index contributed by atoms with van der Waals surface area (Å²) in [6.07, 6.45) is 1.07. The standard InChI is InChI=1S/C14H22FN3/c1-10(16)12-5-4-6-13(15)14(12)18-8-7-11(9-18)17(2)3/h4-6,10-11H,7-9,16H2,1-3H3. The van der Waals surface area contributed by atoms with Gasteiger partial charge in [-0.1, -0.05) is 12.1 Å². The van der Waals surface area contributed by atoms with E-state index >= 15 is 0 Å². The van der Waals surface area contributed by atoms with Gasteiger partial charge >= 0.3 is 0 Å². The quantitative estimate of drug-likeness (QED) is 0.891. The number of likely N-dealkylation sites (N-methyl/N-ethyl adjacent to an activating group) is 1. The highest BCUT2D eigenvalue weighted by molar-refractivity contribution is 5.57. The van der Waals surface area contributed by atoms with Crippen LogP contribution >= 0.6 is 0 Å². The first-order valence-corrected chi connectivity index (χ1v) is 6.46. The van der Waals surface area contributed by atoms with E-state index in [1.54, 1.807) is 6.07 Å². The van der Waals surface area contributed by atoms with E-state index in [2.05, 4.69) is 23.9 Å². The minimum Gasteiger partial charge on any atom is -0.367 e. The molecule has 1 aromatic rings. The van der Waals surface area contributed by atoms with Gasteiger partial charge in [-0.3, -0.25) is 0 Å². The van der Waals surface area contributed by atoms with E-state index in [0.29, 0.717) is 11.7 Å². The highest BCUT2D eigenvalue weighted by Gasteiger charge is 2.27. The zero-order chi connectivity index (χ0) is 13.3. The molecule has 0 radical (unpaired) electrons. The Bertz CT molecular complexity index is 418. The number of hydrogen-bond donors (Lipinski definition) is 1. The van der Waals surface area contributed by atoms with E-state index in [4.69, 9.17) is 5.73 Å². The normalized spacial score (nSPS) is 21.7. The second-order valence-corrected chi connectivity index (χ2v) is 5.32. The Labute approximate surface area is 108 Å². The van der Waals surface area contributed by atoms with Crippen LogP contribution in [0.2, 0.25) is 0 Å². The summed E-state index contributed by atoms with van der Waals surface area (Å²) in [5.41, 5.74) is 7.53. The maximum atomic E-state index is 14.1. The Morgan fingerprint density at radius 2 is 2.17 bits per heavy atom. The number of hydrogen-bond acceptors (Lipinski definition) is 3. The van der Waals surface area contributed by atoms with Crippen molar-refractivity contribution in [3.8, 4) is 0 Å². The smallest absolute Gasteiger partial charge is 0.146 e. The number of para-hydroxylation sites is 1. The Morgan fingerprint density at radius 1 is 1.44 bits per heavy atom. The second kappa shape index (κ2) is 5.24. The largest absolute Gasteiger partial charge is 0.367 e. The summed E-state index contributed by atoms with van der Waals surface area (Å²) in [5.74, 6) is -0.163. The molecule has 3 nitrogen and oxygen atoms in total. The summed E-state index contributed by atoms with van der Waals surface area (Å²) in [4.78, 5) is 4.32. The number of nitrogens with zero attached hydrogens (tertiary/aromatic N) is 2. The maximum Gasteiger partial charge on any atom is 0.146 e. The zero-order valence-electron chi connectivity index (χ0n) is 11.4. The molecule has 0 aromatic heterocycles. The minimum atomic E-state index is -0.163. The summed E-state index contributed by atoms with van der Waals surface area (Å²) in [7, 11) is 4.14. The second-order valence-electron chi connectivity index (χ2n) is 5.32. The molecule has 0 spiro atoms. The average Bonchev–Trinajstić information content (AvgIpc) is 2.77. The van der Waals surface area contributed by atoms with Crippen molar-refractivity contribution in [2.45, 2.75) is 25.4 Å². The number of benzene rings is 1. The van der Waals surface area contributed by atoms with Gasteiger partial charge in [0.05, 0.1) is 5.69 Å². The van der Waals surface area contributed by atoms with Crippen LogP contribution in [0, 0.1) is 5.82 Å². The number of nitrogens with two attached hydrogens (primary N) is 1. The fourth-order valence-electron chi connectivity index (χ4n) is 2.60. The van der Waals surface area contributed by atoms with Gasteiger partial charge in [0, 0.05) is 25.2 Å². The van der Waals surface area contributed by atoms with Gasteiger partial charge in [0.15, 0.2) is 0 Å². The molecule has 0 bridgehead atoms.